The van der Waals surface area contributed by atoms with Gasteiger partial charge in [-0.15, -0.1) is 11.8 Å². The van der Waals surface area contributed by atoms with Crippen molar-refractivity contribution in [3.63, 3.8) is 0 Å². The van der Waals surface area contributed by atoms with Gasteiger partial charge in [-0.05, 0) is 33.3 Å². The van der Waals surface area contributed by atoms with Crippen LogP contribution in [0.3, 0.4) is 0 Å². The zero-order valence-corrected chi connectivity index (χ0v) is 15.1. The van der Waals surface area contributed by atoms with E-state index in [0.29, 0.717) is 24.6 Å². The molecule has 2 fully saturated rings. The van der Waals surface area contributed by atoms with Crippen LogP contribution in [0.4, 0.5) is 0 Å². The smallest absolute Gasteiger partial charge is 0.243 e. The van der Waals surface area contributed by atoms with Crippen molar-refractivity contribution >= 4 is 23.6 Å². The molecule has 130 valence electrons. The third-order valence-electron chi connectivity index (χ3n) is 4.40. The monoisotopic (exact) mass is 349 g/mol. The molecular formula is C17H23N3O3S. The number of nitrogens with zero attached hydrogens (tertiary/aromatic N) is 2. The van der Waals surface area contributed by atoms with Crippen molar-refractivity contribution in [2.75, 3.05) is 5.75 Å². The van der Waals surface area contributed by atoms with Crippen LogP contribution in [0.5, 0.6) is 5.88 Å². The molecule has 0 unspecified atom stereocenters. The Kier molecular flexibility index (Phi) is 4.71. The van der Waals surface area contributed by atoms with Crippen LogP contribution in [0, 0.1) is 0 Å². The minimum absolute atomic E-state index is 0.0171. The number of thioether (sulfide) groups is 1. The number of pyridine rings is 1. The molecule has 1 N–H and O–H groups in total. The molecule has 2 aliphatic heterocycles. The zero-order chi connectivity index (χ0) is 17.3. The molecule has 2 saturated heterocycles. The van der Waals surface area contributed by atoms with E-state index in [0.717, 1.165) is 12.0 Å². The van der Waals surface area contributed by atoms with Crippen molar-refractivity contribution in [3.8, 4) is 5.88 Å². The van der Waals surface area contributed by atoms with Crippen LogP contribution in [0.25, 0.3) is 0 Å². The Morgan fingerprint density at radius 3 is 3.12 bits per heavy atom. The Hall–Kier alpha value is -1.76. The van der Waals surface area contributed by atoms with Crippen LogP contribution in [0.1, 0.15) is 39.2 Å². The van der Waals surface area contributed by atoms with Gasteiger partial charge in [0.25, 0.3) is 0 Å². The van der Waals surface area contributed by atoms with Crippen molar-refractivity contribution in [3.05, 3.63) is 23.9 Å². The van der Waals surface area contributed by atoms with Gasteiger partial charge >= 0.3 is 0 Å². The highest BCUT2D eigenvalue weighted by Crippen LogP contribution is 2.47. The van der Waals surface area contributed by atoms with E-state index >= 15 is 0 Å². The number of carbonyl (C=O) groups excluding carboxylic acids is 2. The van der Waals surface area contributed by atoms with E-state index in [1.165, 1.54) is 0 Å². The van der Waals surface area contributed by atoms with E-state index in [1.807, 2.05) is 32.9 Å². The number of nitrogens with one attached hydrogen (secondary N) is 1. The second-order valence-corrected chi connectivity index (χ2v) is 8.12. The second kappa shape index (κ2) is 6.63. The fraction of sp³-hybridized carbons (Fsp3) is 0.588. The molecule has 0 bridgehead atoms. The maximum Gasteiger partial charge on any atom is 0.243 e. The number of hydrogen-bond donors (Lipinski definition) is 1. The fourth-order valence-electron chi connectivity index (χ4n) is 3.20. The normalized spacial score (nSPS) is 25.9. The first-order chi connectivity index (χ1) is 11.4. The lowest BCUT2D eigenvalue weighted by atomic mass is 10.2. The van der Waals surface area contributed by atoms with Gasteiger partial charge in [-0.3, -0.25) is 9.59 Å². The maximum absolute atomic E-state index is 12.6. The second-order valence-electron chi connectivity index (χ2n) is 6.62. The summed E-state index contributed by atoms with van der Waals surface area (Å²) < 4.78 is 5.67. The van der Waals surface area contributed by atoms with Gasteiger partial charge in [0.2, 0.25) is 17.7 Å². The maximum atomic E-state index is 12.6. The number of rotatable bonds is 5. The minimum atomic E-state index is -0.388. The van der Waals surface area contributed by atoms with E-state index < -0.39 is 0 Å². The lowest BCUT2D eigenvalue weighted by Gasteiger charge is -2.29. The molecule has 0 spiro atoms. The molecular weight excluding hydrogens is 326 g/mol. The summed E-state index contributed by atoms with van der Waals surface area (Å²) in [6.07, 6.45) is 3.03. The summed E-state index contributed by atoms with van der Waals surface area (Å²) in [7, 11) is 0. The van der Waals surface area contributed by atoms with Crippen molar-refractivity contribution in [2.45, 2.75) is 57.2 Å². The summed E-state index contributed by atoms with van der Waals surface area (Å²) in [4.78, 5) is 30.5. The third-order valence-corrected chi connectivity index (χ3v) is 5.90. The lowest BCUT2D eigenvalue weighted by molar-refractivity contribution is -0.138. The van der Waals surface area contributed by atoms with Gasteiger partial charge in [0.1, 0.15) is 6.04 Å². The Labute approximate surface area is 146 Å². The molecule has 6 nitrogen and oxygen atoms in total. The number of amides is 2. The van der Waals surface area contributed by atoms with Crippen LogP contribution >= 0.6 is 11.8 Å². The predicted molar refractivity (Wildman–Crippen MR) is 92.6 cm³/mol. The van der Waals surface area contributed by atoms with Gasteiger partial charge < -0.3 is 15.0 Å². The highest BCUT2D eigenvalue weighted by atomic mass is 32.2. The summed E-state index contributed by atoms with van der Waals surface area (Å²) in [6, 6.07) is 3.32. The van der Waals surface area contributed by atoms with Crippen LogP contribution in [-0.2, 0) is 16.1 Å². The summed E-state index contributed by atoms with van der Waals surface area (Å²) in [5.74, 6) is 1.15. The third kappa shape index (κ3) is 3.22. The molecule has 7 heteroatoms. The van der Waals surface area contributed by atoms with Crippen molar-refractivity contribution in [1.82, 2.24) is 15.2 Å². The van der Waals surface area contributed by atoms with Gasteiger partial charge in [-0.25, -0.2) is 4.98 Å². The van der Waals surface area contributed by atoms with Crippen LogP contribution < -0.4 is 10.1 Å². The SMILES string of the molecule is CC(C)Oc1ncccc1CNC(=O)[C@H]1CS[C@@]2(C)CCC(=O)N12. The predicted octanol–water partition coefficient (Wildman–Crippen LogP) is 1.94. The highest BCUT2D eigenvalue weighted by molar-refractivity contribution is 8.01. The molecule has 2 atom stereocenters. The minimum Gasteiger partial charge on any atom is -0.475 e. The van der Waals surface area contributed by atoms with Crippen molar-refractivity contribution in [2.24, 2.45) is 0 Å². The van der Waals surface area contributed by atoms with Crippen molar-refractivity contribution in [1.29, 1.82) is 0 Å². The number of carbonyl (C=O) groups is 2. The number of hydrogen-bond acceptors (Lipinski definition) is 5. The average molecular weight is 349 g/mol. The topological polar surface area (TPSA) is 71.5 Å². The van der Waals surface area contributed by atoms with E-state index in [2.05, 4.69) is 10.3 Å². The van der Waals surface area contributed by atoms with Gasteiger partial charge in [0.15, 0.2) is 0 Å². The van der Waals surface area contributed by atoms with Crippen LogP contribution in [0.15, 0.2) is 18.3 Å². The Morgan fingerprint density at radius 2 is 2.38 bits per heavy atom. The molecule has 3 rings (SSSR count). The van der Waals surface area contributed by atoms with E-state index in [9.17, 15) is 9.59 Å². The number of fused-ring (bicyclic) bond motifs is 1. The molecule has 3 heterocycles. The molecule has 24 heavy (non-hydrogen) atoms. The Balaban J connectivity index is 1.66. The Morgan fingerprint density at radius 1 is 1.58 bits per heavy atom. The van der Waals surface area contributed by atoms with Gasteiger partial charge in [-0.2, -0.15) is 0 Å². The summed E-state index contributed by atoms with van der Waals surface area (Å²) >= 11 is 1.70. The Bertz CT molecular complexity index is 652. The average Bonchev–Trinajstić information content (AvgIpc) is 3.02. The number of aromatic nitrogens is 1. The van der Waals surface area contributed by atoms with E-state index in [1.54, 1.807) is 22.9 Å². The molecule has 1 aromatic heterocycles. The van der Waals surface area contributed by atoms with E-state index in [4.69, 9.17) is 4.74 Å². The first kappa shape index (κ1) is 17.1. The molecule has 2 amide bonds. The molecule has 0 aromatic carbocycles. The lowest BCUT2D eigenvalue weighted by Crippen LogP contribution is -2.49. The molecule has 0 aliphatic carbocycles. The fourth-order valence-corrected chi connectivity index (χ4v) is 4.63. The van der Waals surface area contributed by atoms with Crippen LogP contribution in [-0.4, -0.2) is 44.5 Å². The van der Waals surface area contributed by atoms with Gasteiger partial charge in [-0.1, -0.05) is 6.07 Å². The zero-order valence-electron chi connectivity index (χ0n) is 14.2. The summed E-state index contributed by atoms with van der Waals surface area (Å²) in [5.41, 5.74) is 0.834. The highest BCUT2D eigenvalue weighted by Gasteiger charge is 2.52. The molecule has 0 radical (unpaired) electrons. The van der Waals surface area contributed by atoms with E-state index in [-0.39, 0.29) is 28.8 Å². The van der Waals surface area contributed by atoms with Crippen molar-refractivity contribution < 1.29 is 14.3 Å². The summed E-state index contributed by atoms with van der Waals surface area (Å²) in [6.45, 7) is 6.26. The molecule has 0 saturated carbocycles. The molecule has 2 aliphatic rings. The van der Waals surface area contributed by atoms with Gasteiger partial charge in [0.05, 0.1) is 11.0 Å². The molecule has 1 aromatic rings. The van der Waals surface area contributed by atoms with Crippen LogP contribution in [0.2, 0.25) is 0 Å². The quantitative estimate of drug-likeness (QED) is 0.880. The standard InChI is InChI=1S/C17H23N3O3S/c1-11(2)23-16-12(5-4-8-18-16)9-19-15(22)13-10-24-17(3)7-6-14(21)20(13)17/h4-5,8,11,13H,6-7,9-10H2,1-3H3,(H,19,22)/t13-,17+/m1/s1. The summed E-state index contributed by atoms with van der Waals surface area (Å²) in [5, 5.41) is 2.94. The first-order valence-corrected chi connectivity index (χ1v) is 9.23. The first-order valence-electron chi connectivity index (χ1n) is 8.25. The number of ether oxygens (including phenoxy) is 1. The van der Waals surface area contributed by atoms with Gasteiger partial charge in [0, 0.05) is 30.5 Å². The largest absolute Gasteiger partial charge is 0.475 e.